The third-order valence-electron chi connectivity index (χ3n) is 5.25. The quantitative estimate of drug-likeness (QED) is 0.595. The van der Waals surface area contributed by atoms with Gasteiger partial charge in [-0.3, -0.25) is 9.59 Å². The first-order valence-electron chi connectivity index (χ1n) is 9.84. The molecule has 1 saturated heterocycles. The van der Waals surface area contributed by atoms with E-state index in [0.29, 0.717) is 49.9 Å². The number of nitrogens with one attached hydrogen (secondary N) is 1. The van der Waals surface area contributed by atoms with Gasteiger partial charge in [-0.2, -0.15) is 0 Å². The van der Waals surface area contributed by atoms with E-state index in [1.807, 2.05) is 19.1 Å². The van der Waals surface area contributed by atoms with Crippen LogP contribution in [0, 0.1) is 5.92 Å². The topological polar surface area (TPSA) is 86.3 Å². The average Bonchev–Trinajstić information content (AvgIpc) is 3.20. The smallest absolute Gasteiger partial charge is 0.225 e. The van der Waals surface area contributed by atoms with Crippen LogP contribution in [-0.2, 0) is 14.3 Å². The molecule has 0 bridgehead atoms. The van der Waals surface area contributed by atoms with Gasteiger partial charge in [0.2, 0.25) is 17.6 Å². The Morgan fingerprint density at radius 1 is 1.07 bits per heavy atom. The molecule has 0 saturated carbocycles. The minimum absolute atomic E-state index is 0.0390. The van der Waals surface area contributed by atoms with Gasteiger partial charge >= 0.3 is 0 Å². The van der Waals surface area contributed by atoms with Gasteiger partial charge in [0.05, 0.1) is 27.2 Å². The first kappa shape index (κ1) is 22.8. The van der Waals surface area contributed by atoms with Crippen LogP contribution in [0.25, 0.3) is 0 Å². The van der Waals surface area contributed by atoms with Crippen LogP contribution in [0.5, 0.6) is 17.2 Å². The minimum Gasteiger partial charge on any atom is -0.493 e. The second kappa shape index (κ2) is 10.9. The van der Waals surface area contributed by atoms with Crippen molar-refractivity contribution < 1.29 is 28.5 Å². The summed E-state index contributed by atoms with van der Waals surface area (Å²) in [6.45, 7) is 3.81. The second-order valence-corrected chi connectivity index (χ2v) is 6.96. The maximum absolute atomic E-state index is 12.9. The fourth-order valence-electron chi connectivity index (χ4n) is 3.71. The summed E-state index contributed by atoms with van der Waals surface area (Å²) in [4.78, 5) is 27.0. The van der Waals surface area contributed by atoms with Crippen molar-refractivity contribution in [2.45, 2.75) is 25.7 Å². The maximum Gasteiger partial charge on any atom is 0.225 e. The summed E-state index contributed by atoms with van der Waals surface area (Å²) < 4.78 is 21.4. The van der Waals surface area contributed by atoms with Crippen molar-refractivity contribution in [1.29, 1.82) is 0 Å². The fraction of sp³-hybridized carbons (Fsp3) is 0.619. The number of nitrogens with zero attached hydrogens (tertiary/aromatic N) is 1. The van der Waals surface area contributed by atoms with Gasteiger partial charge in [-0.15, -0.1) is 0 Å². The molecule has 1 aliphatic heterocycles. The molecule has 0 radical (unpaired) electrons. The summed E-state index contributed by atoms with van der Waals surface area (Å²) in [6.07, 6.45) is 1.14. The van der Waals surface area contributed by atoms with Gasteiger partial charge in [0.15, 0.2) is 11.5 Å². The second-order valence-electron chi connectivity index (χ2n) is 6.96. The molecule has 1 aliphatic rings. The van der Waals surface area contributed by atoms with Crippen LogP contribution in [0.2, 0.25) is 0 Å². The number of amides is 2. The molecule has 1 fully saturated rings. The highest BCUT2D eigenvalue weighted by molar-refractivity contribution is 5.83. The Morgan fingerprint density at radius 3 is 2.24 bits per heavy atom. The number of carbonyl (C=O) groups excluding carboxylic acids is 2. The van der Waals surface area contributed by atoms with Crippen molar-refractivity contribution in [3.63, 3.8) is 0 Å². The number of hydrogen-bond acceptors (Lipinski definition) is 6. The molecule has 2 amide bonds. The molecule has 1 N–H and O–H groups in total. The lowest BCUT2D eigenvalue weighted by atomic mass is 9.88. The van der Waals surface area contributed by atoms with Crippen LogP contribution in [-0.4, -0.2) is 71.4 Å². The molecule has 1 heterocycles. The van der Waals surface area contributed by atoms with E-state index in [-0.39, 0.29) is 23.7 Å². The normalized spacial score (nSPS) is 18.4. The van der Waals surface area contributed by atoms with Crippen LogP contribution >= 0.6 is 0 Å². The first-order chi connectivity index (χ1) is 14.0. The molecular formula is C21H32N2O6. The highest BCUT2D eigenvalue weighted by Crippen LogP contribution is 2.43. The number of hydrogen-bond donors (Lipinski definition) is 1. The lowest BCUT2D eigenvalue weighted by Crippen LogP contribution is -2.36. The molecule has 2 rings (SSSR count). The highest BCUT2D eigenvalue weighted by atomic mass is 16.5. The van der Waals surface area contributed by atoms with Crippen LogP contribution < -0.4 is 19.5 Å². The zero-order valence-electron chi connectivity index (χ0n) is 17.9. The molecule has 162 valence electrons. The van der Waals surface area contributed by atoms with Crippen LogP contribution in [0.15, 0.2) is 12.1 Å². The lowest BCUT2D eigenvalue weighted by molar-refractivity contribution is -0.130. The zero-order chi connectivity index (χ0) is 21.4. The molecule has 0 aliphatic carbocycles. The molecule has 8 nitrogen and oxygen atoms in total. The summed E-state index contributed by atoms with van der Waals surface area (Å²) in [5, 5.41) is 2.97. The van der Waals surface area contributed by atoms with Crippen molar-refractivity contribution in [2.24, 2.45) is 5.92 Å². The Morgan fingerprint density at radius 2 is 1.72 bits per heavy atom. The van der Waals surface area contributed by atoms with E-state index in [1.54, 1.807) is 33.3 Å². The van der Waals surface area contributed by atoms with Crippen LogP contribution in [0.4, 0.5) is 0 Å². The predicted molar refractivity (Wildman–Crippen MR) is 109 cm³/mol. The van der Waals surface area contributed by atoms with Crippen LogP contribution in [0.1, 0.15) is 31.2 Å². The van der Waals surface area contributed by atoms with Crippen molar-refractivity contribution in [2.75, 3.05) is 54.7 Å². The number of carbonyl (C=O) groups is 2. The number of methoxy groups -OCH3 is 4. The summed E-state index contributed by atoms with van der Waals surface area (Å²) in [5.41, 5.74) is 0.878. The molecule has 0 aromatic heterocycles. The van der Waals surface area contributed by atoms with Crippen LogP contribution in [0.3, 0.4) is 0 Å². The van der Waals surface area contributed by atoms with E-state index in [4.69, 9.17) is 18.9 Å². The molecule has 0 spiro atoms. The van der Waals surface area contributed by atoms with Gasteiger partial charge in [-0.1, -0.05) is 6.92 Å². The predicted octanol–water partition coefficient (Wildman–Crippen LogP) is 1.82. The van der Waals surface area contributed by atoms with Gasteiger partial charge in [-0.25, -0.2) is 0 Å². The Hall–Kier alpha value is -2.48. The van der Waals surface area contributed by atoms with Gasteiger partial charge < -0.3 is 29.2 Å². The fourth-order valence-corrected chi connectivity index (χ4v) is 3.71. The third kappa shape index (κ3) is 5.32. The van der Waals surface area contributed by atoms with E-state index < -0.39 is 0 Å². The van der Waals surface area contributed by atoms with Crippen molar-refractivity contribution in [3.8, 4) is 17.2 Å². The van der Waals surface area contributed by atoms with E-state index in [0.717, 1.165) is 12.0 Å². The Balaban J connectivity index is 2.32. The van der Waals surface area contributed by atoms with E-state index >= 15 is 0 Å². The maximum atomic E-state index is 12.9. The van der Waals surface area contributed by atoms with Crippen molar-refractivity contribution in [3.05, 3.63) is 17.7 Å². The molecule has 8 heteroatoms. The highest BCUT2D eigenvalue weighted by Gasteiger charge is 2.40. The monoisotopic (exact) mass is 408 g/mol. The standard InChI is InChI=1S/C21H32N2O6/c1-6-19(24)23-12-15(16(13-23)21(25)22-8-7-9-26-2)14-10-17(27-3)20(29-5)18(11-14)28-4/h10-11,15-16H,6-9,12-13H2,1-5H3,(H,22,25)/t15-,16-/m1/s1. The third-order valence-corrected chi connectivity index (χ3v) is 5.25. The number of benzene rings is 1. The summed E-state index contributed by atoms with van der Waals surface area (Å²) in [6, 6.07) is 3.72. The Bertz CT molecular complexity index is 683. The SMILES string of the molecule is CCC(=O)N1C[C@H](c2cc(OC)c(OC)c(OC)c2)[C@H](C(=O)NCCCOC)C1. The largest absolute Gasteiger partial charge is 0.493 e. The lowest BCUT2D eigenvalue weighted by Gasteiger charge is -2.21. The Kier molecular flexibility index (Phi) is 8.57. The molecule has 1 aromatic rings. The first-order valence-corrected chi connectivity index (χ1v) is 9.84. The van der Waals surface area contributed by atoms with E-state index in [2.05, 4.69) is 5.32 Å². The van der Waals surface area contributed by atoms with Gasteiger partial charge in [0, 0.05) is 45.7 Å². The van der Waals surface area contributed by atoms with Crippen molar-refractivity contribution in [1.82, 2.24) is 10.2 Å². The summed E-state index contributed by atoms with van der Waals surface area (Å²) >= 11 is 0. The molecule has 29 heavy (non-hydrogen) atoms. The van der Waals surface area contributed by atoms with E-state index in [1.165, 1.54) is 0 Å². The molecular weight excluding hydrogens is 376 g/mol. The molecule has 2 atom stereocenters. The summed E-state index contributed by atoms with van der Waals surface area (Å²) in [5.74, 6) is 1.02. The Labute approximate surface area is 172 Å². The number of likely N-dealkylation sites (tertiary alicyclic amines) is 1. The van der Waals surface area contributed by atoms with Gasteiger partial charge in [0.1, 0.15) is 0 Å². The number of rotatable bonds is 10. The van der Waals surface area contributed by atoms with E-state index in [9.17, 15) is 9.59 Å². The molecule has 1 aromatic carbocycles. The zero-order valence-corrected chi connectivity index (χ0v) is 17.9. The minimum atomic E-state index is -0.351. The average molecular weight is 408 g/mol. The summed E-state index contributed by atoms with van der Waals surface area (Å²) in [7, 11) is 6.30. The van der Waals surface area contributed by atoms with Crippen molar-refractivity contribution >= 4 is 11.8 Å². The van der Waals surface area contributed by atoms with Gasteiger partial charge in [0.25, 0.3) is 0 Å². The molecule has 0 unspecified atom stereocenters. The van der Waals surface area contributed by atoms with Gasteiger partial charge in [-0.05, 0) is 24.1 Å². The number of ether oxygens (including phenoxy) is 4.